The van der Waals surface area contributed by atoms with Crippen LogP contribution in [-0.4, -0.2) is 62.8 Å². The first-order chi connectivity index (χ1) is 1.91. The first-order valence-corrected chi connectivity index (χ1v) is 1.04. The number of hydrogen-bond donors (Lipinski definition) is 1. The second-order valence-corrected chi connectivity index (χ2v) is 0.374. The van der Waals surface area contributed by atoms with E-state index in [0.717, 1.165) is 0 Å². The Hall–Kier alpha value is 1.11. The average molecular weight is 99.2 g/mol. The molecule has 0 atom stereocenters. The molecule has 0 aliphatic heterocycles. The monoisotopic (exact) mass is 99.0 g/mol. The Balaban J connectivity index is 0. The van der Waals surface area contributed by atoms with Gasteiger partial charge in [0.1, 0.15) is 0 Å². The minimum absolute atomic E-state index is 0. The van der Waals surface area contributed by atoms with Crippen LogP contribution in [0.2, 0.25) is 0 Å². The summed E-state index contributed by atoms with van der Waals surface area (Å²) in [5.41, 5.74) is 0. The summed E-state index contributed by atoms with van der Waals surface area (Å²) in [5, 5.41) is 10.1. The Morgan fingerprint density at radius 1 is 1.80 bits per heavy atom. The van der Waals surface area contributed by atoms with E-state index in [4.69, 9.17) is 5.21 Å². The van der Waals surface area contributed by atoms with Gasteiger partial charge in [-0.05, 0) is 6.92 Å². The molecule has 0 aliphatic carbocycles. The van der Waals surface area contributed by atoms with E-state index < -0.39 is 0 Å². The molecule has 0 heterocycles. The summed E-state index contributed by atoms with van der Waals surface area (Å²) in [6, 6.07) is 0. The summed E-state index contributed by atoms with van der Waals surface area (Å²) in [6.45, 7) is 1.64. The number of hydrogen-bond acceptors (Lipinski definition) is 2. The van der Waals surface area contributed by atoms with Crippen molar-refractivity contribution in [3.05, 3.63) is 0 Å². The third-order valence-electron chi connectivity index (χ3n) is 0.115. The second kappa shape index (κ2) is 8.92. The first-order valence-electron chi connectivity index (χ1n) is 1.04. The van der Waals surface area contributed by atoms with Gasteiger partial charge in [-0.2, -0.15) is 0 Å². The van der Waals surface area contributed by atoms with Crippen LogP contribution in [0.5, 0.6) is 0 Å². The molecule has 0 saturated carbocycles. The molecule has 3 heteroatoms. The molecule has 0 aromatic carbocycles. The molecule has 0 saturated heterocycles. The Morgan fingerprint density at radius 3 is 2.00 bits per heavy atom. The molecule has 0 spiro atoms. The summed E-state index contributed by atoms with van der Waals surface area (Å²) < 4.78 is 0. The predicted molar refractivity (Wildman–Crippen MR) is 23.1 cm³/mol. The quantitative estimate of drug-likeness (QED) is 0.194. The number of rotatable bonds is 0. The fourth-order valence-electron chi connectivity index (χ4n) is 0. The van der Waals surface area contributed by atoms with Crippen LogP contribution in [0.25, 0.3) is 0 Å². The van der Waals surface area contributed by atoms with Crippen molar-refractivity contribution in [3.8, 4) is 0 Å². The molecule has 0 radical (unpaired) electrons. The van der Waals surface area contributed by atoms with E-state index in [0.29, 0.717) is 0 Å². The van der Waals surface area contributed by atoms with E-state index in [9.17, 15) is 0 Å². The maximum atomic E-state index is 7.44. The van der Waals surface area contributed by atoms with Crippen molar-refractivity contribution < 1.29 is 5.21 Å². The third kappa shape index (κ3) is 11.1. The van der Waals surface area contributed by atoms with Gasteiger partial charge in [0.25, 0.3) is 0 Å². The van der Waals surface area contributed by atoms with Gasteiger partial charge in [0.15, 0.2) is 0 Å². The Bertz CT molecular complexity index is 24.8. The van der Waals surface area contributed by atoms with E-state index in [1.165, 1.54) is 6.21 Å². The minimum atomic E-state index is 0. The number of oxime groups is 1. The standard InChI is InChI=1S/C2H5NO.K.H/c1-2-3-4;;/h2,4H,1H3;;. The zero-order valence-corrected chi connectivity index (χ0v) is 2.47. The predicted octanol–water partition coefficient (Wildman–Crippen LogP) is -0.182. The van der Waals surface area contributed by atoms with Crippen LogP contribution in [0.4, 0.5) is 0 Å². The van der Waals surface area contributed by atoms with Crippen LogP contribution in [-0.2, 0) is 0 Å². The molecule has 0 bridgehead atoms. The van der Waals surface area contributed by atoms with Crippen molar-refractivity contribution in [1.29, 1.82) is 0 Å². The van der Waals surface area contributed by atoms with Gasteiger partial charge in [-0.1, -0.05) is 0 Å². The van der Waals surface area contributed by atoms with Gasteiger partial charge in [-0.15, -0.1) is 5.16 Å². The first kappa shape index (κ1) is 9.44. The second-order valence-electron chi connectivity index (χ2n) is 0.374. The fourth-order valence-corrected chi connectivity index (χ4v) is 0. The topological polar surface area (TPSA) is 32.6 Å². The van der Waals surface area contributed by atoms with Crippen LogP contribution in [0.3, 0.4) is 0 Å². The summed E-state index contributed by atoms with van der Waals surface area (Å²) in [6.07, 6.45) is 1.31. The molecule has 0 aromatic rings. The van der Waals surface area contributed by atoms with E-state index >= 15 is 0 Å². The van der Waals surface area contributed by atoms with Crippen LogP contribution in [0.1, 0.15) is 6.92 Å². The van der Waals surface area contributed by atoms with Crippen molar-refractivity contribution in [2.45, 2.75) is 6.92 Å². The molecule has 0 fully saturated rings. The fraction of sp³-hybridized carbons (Fsp3) is 0.500. The van der Waals surface area contributed by atoms with Gasteiger partial charge >= 0.3 is 51.4 Å². The molecule has 0 rings (SSSR count). The van der Waals surface area contributed by atoms with Crippen molar-refractivity contribution in [3.63, 3.8) is 0 Å². The number of nitrogens with zero attached hydrogens (tertiary/aromatic N) is 1. The molecule has 0 amide bonds. The van der Waals surface area contributed by atoms with Crippen molar-refractivity contribution in [2.24, 2.45) is 5.16 Å². The van der Waals surface area contributed by atoms with Gasteiger partial charge in [0.05, 0.1) is 0 Å². The van der Waals surface area contributed by atoms with Crippen LogP contribution in [0.15, 0.2) is 5.16 Å². The van der Waals surface area contributed by atoms with Crippen LogP contribution < -0.4 is 0 Å². The normalized spacial score (nSPS) is 7.40. The average Bonchev–Trinajstić information content (AvgIpc) is 1.37. The van der Waals surface area contributed by atoms with Gasteiger partial charge in [0.2, 0.25) is 0 Å². The van der Waals surface area contributed by atoms with Crippen molar-refractivity contribution >= 4 is 57.6 Å². The molecule has 26 valence electrons. The van der Waals surface area contributed by atoms with Crippen LogP contribution in [0, 0.1) is 0 Å². The Morgan fingerprint density at radius 2 is 2.00 bits per heavy atom. The molecule has 1 N–H and O–H groups in total. The summed E-state index contributed by atoms with van der Waals surface area (Å²) in [5.74, 6) is 0. The molecular weight excluding hydrogens is 93.1 g/mol. The van der Waals surface area contributed by atoms with Gasteiger partial charge in [0, 0.05) is 6.21 Å². The molecule has 0 aromatic heterocycles. The van der Waals surface area contributed by atoms with E-state index in [2.05, 4.69) is 5.16 Å². The van der Waals surface area contributed by atoms with Gasteiger partial charge < -0.3 is 5.21 Å². The van der Waals surface area contributed by atoms with Crippen LogP contribution >= 0.6 is 0 Å². The summed E-state index contributed by atoms with van der Waals surface area (Å²) >= 11 is 0. The molecule has 0 unspecified atom stereocenters. The molecule has 2 nitrogen and oxygen atoms in total. The van der Waals surface area contributed by atoms with Gasteiger partial charge in [-0.3, -0.25) is 0 Å². The van der Waals surface area contributed by atoms with Gasteiger partial charge in [-0.25, -0.2) is 0 Å². The molecular formula is C2H6KNO. The van der Waals surface area contributed by atoms with E-state index in [1.54, 1.807) is 6.92 Å². The van der Waals surface area contributed by atoms with E-state index in [-0.39, 0.29) is 51.4 Å². The zero-order valence-electron chi connectivity index (χ0n) is 2.47. The summed E-state index contributed by atoms with van der Waals surface area (Å²) in [7, 11) is 0. The molecule has 0 aliphatic rings. The molecule has 5 heavy (non-hydrogen) atoms. The SMILES string of the molecule is CC=NO.[KH]. The Kier molecular flexibility index (Phi) is 16.9. The van der Waals surface area contributed by atoms with E-state index in [1.807, 2.05) is 0 Å². The summed E-state index contributed by atoms with van der Waals surface area (Å²) in [4.78, 5) is 0. The van der Waals surface area contributed by atoms with Crippen molar-refractivity contribution in [2.75, 3.05) is 0 Å². The zero-order chi connectivity index (χ0) is 3.41. The van der Waals surface area contributed by atoms with Crippen molar-refractivity contribution in [1.82, 2.24) is 0 Å². The maximum absolute atomic E-state index is 7.44. The third-order valence-corrected chi connectivity index (χ3v) is 0.115. The Labute approximate surface area is 73.7 Å².